The summed E-state index contributed by atoms with van der Waals surface area (Å²) in [6, 6.07) is 3.01. The highest BCUT2D eigenvalue weighted by Gasteiger charge is 2.12. The number of hydrogen-bond acceptors (Lipinski definition) is 3. The van der Waals surface area contributed by atoms with E-state index in [1.165, 1.54) is 12.3 Å². The molecule has 2 aromatic heterocycles. The van der Waals surface area contributed by atoms with E-state index in [0.29, 0.717) is 11.0 Å². The molecule has 0 amide bonds. The minimum Gasteiger partial charge on any atom is -0.346 e. The highest BCUT2D eigenvalue weighted by Crippen LogP contribution is 2.18. The molecule has 2 rings (SSSR count). The molecular formula is C7H7N3O2S. The van der Waals surface area contributed by atoms with Crippen LogP contribution in [0.4, 0.5) is 0 Å². The van der Waals surface area contributed by atoms with Crippen LogP contribution in [0.2, 0.25) is 0 Å². The van der Waals surface area contributed by atoms with Crippen molar-refractivity contribution in [2.24, 2.45) is 5.14 Å². The largest absolute Gasteiger partial charge is 0.346 e. The van der Waals surface area contributed by atoms with Gasteiger partial charge in [0.05, 0.1) is 4.90 Å². The summed E-state index contributed by atoms with van der Waals surface area (Å²) in [5.74, 6) is 0. The van der Waals surface area contributed by atoms with Crippen LogP contribution >= 0.6 is 0 Å². The molecule has 68 valence electrons. The zero-order valence-corrected chi connectivity index (χ0v) is 7.38. The van der Waals surface area contributed by atoms with Gasteiger partial charge in [0, 0.05) is 17.8 Å². The van der Waals surface area contributed by atoms with Crippen molar-refractivity contribution in [2.75, 3.05) is 0 Å². The highest BCUT2D eigenvalue weighted by atomic mass is 32.2. The first kappa shape index (κ1) is 8.21. The maximum absolute atomic E-state index is 11.1. The van der Waals surface area contributed by atoms with Gasteiger partial charge in [0.1, 0.15) is 5.65 Å². The second kappa shape index (κ2) is 2.54. The molecule has 0 saturated carbocycles. The van der Waals surface area contributed by atoms with Crippen molar-refractivity contribution in [3.63, 3.8) is 0 Å². The number of rotatable bonds is 1. The molecule has 0 fully saturated rings. The van der Waals surface area contributed by atoms with Crippen LogP contribution in [0.1, 0.15) is 0 Å². The van der Waals surface area contributed by atoms with E-state index in [-0.39, 0.29) is 4.90 Å². The third-order valence-corrected chi connectivity index (χ3v) is 2.70. The van der Waals surface area contributed by atoms with E-state index in [9.17, 15) is 8.42 Å². The van der Waals surface area contributed by atoms with Crippen LogP contribution in [0.3, 0.4) is 0 Å². The molecule has 0 atom stereocenters. The standard InChI is InChI=1S/C7H7N3O2S/c8-13(11,12)6-2-4-10-7-5(6)1-3-9-7/h1-4H,(H,9,10)(H2,8,11,12). The Kier molecular flexibility index (Phi) is 1.61. The number of hydrogen-bond donors (Lipinski definition) is 2. The van der Waals surface area contributed by atoms with Crippen molar-refractivity contribution in [1.82, 2.24) is 9.97 Å². The van der Waals surface area contributed by atoms with E-state index < -0.39 is 10.0 Å². The molecule has 0 unspecified atom stereocenters. The normalized spacial score (nSPS) is 12.1. The lowest BCUT2D eigenvalue weighted by atomic mass is 10.3. The summed E-state index contributed by atoms with van der Waals surface area (Å²) in [5.41, 5.74) is 0.520. The maximum Gasteiger partial charge on any atom is 0.238 e. The lowest BCUT2D eigenvalue weighted by Crippen LogP contribution is -2.12. The molecule has 2 aromatic rings. The number of nitrogens with two attached hydrogens (primary N) is 1. The van der Waals surface area contributed by atoms with Crippen LogP contribution in [-0.4, -0.2) is 18.4 Å². The van der Waals surface area contributed by atoms with E-state index in [0.717, 1.165) is 0 Å². The van der Waals surface area contributed by atoms with Gasteiger partial charge in [0.15, 0.2) is 0 Å². The lowest BCUT2D eigenvalue weighted by molar-refractivity contribution is 0.598. The van der Waals surface area contributed by atoms with Gasteiger partial charge in [0.25, 0.3) is 0 Å². The molecule has 5 nitrogen and oxygen atoms in total. The number of fused-ring (bicyclic) bond motifs is 1. The van der Waals surface area contributed by atoms with Crippen LogP contribution in [-0.2, 0) is 10.0 Å². The number of nitrogens with one attached hydrogen (secondary N) is 1. The Bertz CT molecular complexity index is 544. The van der Waals surface area contributed by atoms with Crippen LogP contribution in [0.5, 0.6) is 0 Å². The summed E-state index contributed by atoms with van der Waals surface area (Å²) < 4.78 is 22.2. The molecule has 2 heterocycles. The second-order valence-electron chi connectivity index (χ2n) is 2.59. The smallest absolute Gasteiger partial charge is 0.238 e. The number of primary sulfonamides is 1. The molecule has 0 aliphatic carbocycles. The monoisotopic (exact) mass is 197 g/mol. The maximum atomic E-state index is 11.1. The summed E-state index contributed by atoms with van der Waals surface area (Å²) in [6.45, 7) is 0. The van der Waals surface area contributed by atoms with E-state index in [4.69, 9.17) is 5.14 Å². The molecule has 13 heavy (non-hydrogen) atoms. The highest BCUT2D eigenvalue weighted by molar-refractivity contribution is 7.89. The lowest BCUT2D eigenvalue weighted by Gasteiger charge is -1.97. The van der Waals surface area contributed by atoms with Gasteiger partial charge in [-0.3, -0.25) is 0 Å². The second-order valence-corrected chi connectivity index (χ2v) is 4.12. The zero-order valence-electron chi connectivity index (χ0n) is 6.56. The van der Waals surface area contributed by atoms with E-state index in [1.54, 1.807) is 12.3 Å². The average molecular weight is 197 g/mol. The van der Waals surface area contributed by atoms with Gasteiger partial charge >= 0.3 is 0 Å². The molecule has 0 aliphatic heterocycles. The Labute approximate surface area is 74.6 Å². The number of aromatic amines is 1. The first-order chi connectivity index (χ1) is 6.09. The van der Waals surface area contributed by atoms with E-state index in [2.05, 4.69) is 9.97 Å². The topological polar surface area (TPSA) is 88.8 Å². The summed E-state index contributed by atoms with van der Waals surface area (Å²) in [6.07, 6.45) is 3.02. The number of nitrogens with zero attached hydrogens (tertiary/aromatic N) is 1. The van der Waals surface area contributed by atoms with Crippen molar-refractivity contribution >= 4 is 21.1 Å². The summed E-state index contributed by atoms with van der Waals surface area (Å²) >= 11 is 0. The Morgan fingerprint density at radius 3 is 2.85 bits per heavy atom. The zero-order chi connectivity index (χ0) is 9.47. The molecule has 0 aromatic carbocycles. The first-order valence-electron chi connectivity index (χ1n) is 3.54. The van der Waals surface area contributed by atoms with Gasteiger partial charge < -0.3 is 4.98 Å². The SMILES string of the molecule is NS(=O)(=O)c1ccnc2[nH]ccc12. The van der Waals surface area contributed by atoms with Crippen molar-refractivity contribution in [3.8, 4) is 0 Å². The third kappa shape index (κ3) is 1.30. The Morgan fingerprint density at radius 2 is 2.15 bits per heavy atom. The predicted molar refractivity (Wildman–Crippen MR) is 47.5 cm³/mol. The van der Waals surface area contributed by atoms with Gasteiger partial charge in [0.2, 0.25) is 10.0 Å². The summed E-state index contributed by atoms with van der Waals surface area (Å²) in [5, 5.41) is 5.53. The van der Waals surface area contributed by atoms with Gasteiger partial charge in [-0.2, -0.15) is 0 Å². The van der Waals surface area contributed by atoms with Crippen molar-refractivity contribution < 1.29 is 8.42 Å². The van der Waals surface area contributed by atoms with Gasteiger partial charge in [-0.05, 0) is 12.1 Å². The molecule has 6 heteroatoms. The first-order valence-corrected chi connectivity index (χ1v) is 5.08. The van der Waals surface area contributed by atoms with Crippen LogP contribution < -0.4 is 5.14 Å². The Balaban J connectivity index is 2.91. The van der Waals surface area contributed by atoms with Gasteiger partial charge in [-0.25, -0.2) is 18.5 Å². The quantitative estimate of drug-likeness (QED) is 0.684. The molecule has 0 aliphatic rings. The van der Waals surface area contributed by atoms with E-state index >= 15 is 0 Å². The predicted octanol–water partition coefficient (Wildman–Crippen LogP) is 0.210. The molecule has 3 N–H and O–H groups in total. The molecule has 0 spiro atoms. The Morgan fingerprint density at radius 1 is 1.38 bits per heavy atom. The van der Waals surface area contributed by atoms with E-state index in [1.807, 2.05) is 0 Å². The summed E-state index contributed by atoms with van der Waals surface area (Å²) in [7, 11) is -3.66. The van der Waals surface area contributed by atoms with Gasteiger partial charge in [-0.1, -0.05) is 0 Å². The molecule has 0 radical (unpaired) electrons. The van der Waals surface area contributed by atoms with Crippen molar-refractivity contribution in [1.29, 1.82) is 0 Å². The van der Waals surface area contributed by atoms with Crippen molar-refractivity contribution in [3.05, 3.63) is 24.5 Å². The van der Waals surface area contributed by atoms with Crippen LogP contribution in [0.25, 0.3) is 11.0 Å². The fourth-order valence-electron chi connectivity index (χ4n) is 1.18. The minimum absolute atomic E-state index is 0.0961. The van der Waals surface area contributed by atoms with Crippen LogP contribution in [0, 0.1) is 0 Å². The molecule has 0 saturated heterocycles. The van der Waals surface area contributed by atoms with Gasteiger partial charge in [-0.15, -0.1) is 0 Å². The minimum atomic E-state index is -3.66. The number of sulfonamides is 1. The summed E-state index contributed by atoms with van der Waals surface area (Å²) in [4.78, 5) is 6.84. The fourth-order valence-corrected chi connectivity index (χ4v) is 1.91. The van der Waals surface area contributed by atoms with Crippen molar-refractivity contribution in [2.45, 2.75) is 4.90 Å². The number of H-pyrrole nitrogens is 1. The fraction of sp³-hybridized carbons (Fsp3) is 0. The third-order valence-electron chi connectivity index (χ3n) is 1.73. The molecular weight excluding hydrogens is 190 g/mol. The number of pyridine rings is 1. The Hall–Kier alpha value is -1.40. The molecule has 0 bridgehead atoms. The van der Waals surface area contributed by atoms with Crippen LogP contribution in [0.15, 0.2) is 29.4 Å². The average Bonchev–Trinajstić information content (AvgIpc) is 2.48. The number of aromatic nitrogens is 2.